The van der Waals surface area contributed by atoms with Crippen molar-refractivity contribution in [3.05, 3.63) is 23.7 Å². The van der Waals surface area contributed by atoms with E-state index in [4.69, 9.17) is 10.3 Å². The van der Waals surface area contributed by atoms with Gasteiger partial charge in [0.15, 0.2) is 0 Å². The summed E-state index contributed by atoms with van der Waals surface area (Å²) in [5.41, 5.74) is 7.04. The molecule has 0 aliphatic heterocycles. The molecule has 2 N–H and O–H groups in total. The highest BCUT2D eigenvalue weighted by Crippen LogP contribution is 2.18. The van der Waals surface area contributed by atoms with Gasteiger partial charge in [0.25, 0.3) is 0 Å². The second kappa shape index (κ2) is 2.57. The Balaban J connectivity index is 2.81. The first-order valence-electron chi connectivity index (χ1n) is 3.73. The molecule has 2 heterocycles. The van der Waals surface area contributed by atoms with Gasteiger partial charge in [-0.25, -0.2) is 0 Å². The molecule has 0 bridgehead atoms. The molecule has 0 aliphatic carbocycles. The third kappa shape index (κ3) is 0.887. The molecule has 0 unspecified atom stereocenters. The summed E-state index contributed by atoms with van der Waals surface area (Å²) in [6.07, 6.45) is 1.72. The van der Waals surface area contributed by atoms with Crippen LogP contribution >= 0.6 is 0 Å². The van der Waals surface area contributed by atoms with E-state index < -0.39 is 0 Å². The molecule has 12 heavy (non-hydrogen) atoms. The minimum absolute atomic E-state index is 0.392. The van der Waals surface area contributed by atoms with Crippen molar-refractivity contribution in [1.82, 2.24) is 10.1 Å². The predicted octanol–water partition coefficient (Wildman–Crippen LogP) is 0.990. The molecule has 0 aromatic carbocycles. The zero-order valence-corrected chi connectivity index (χ0v) is 6.74. The second-order valence-corrected chi connectivity index (χ2v) is 2.60. The van der Waals surface area contributed by atoms with E-state index in [1.54, 1.807) is 6.20 Å². The van der Waals surface area contributed by atoms with E-state index in [1.807, 2.05) is 13.0 Å². The van der Waals surface area contributed by atoms with Crippen molar-refractivity contribution < 1.29 is 4.52 Å². The maximum atomic E-state index is 5.48. The van der Waals surface area contributed by atoms with Crippen LogP contribution in [0.5, 0.6) is 0 Å². The van der Waals surface area contributed by atoms with Crippen molar-refractivity contribution >= 4 is 10.9 Å². The third-order valence-corrected chi connectivity index (χ3v) is 1.85. The molecule has 0 saturated carbocycles. The van der Waals surface area contributed by atoms with Crippen LogP contribution in [-0.4, -0.2) is 10.1 Å². The Bertz CT molecular complexity index is 408. The molecule has 0 atom stereocenters. The van der Waals surface area contributed by atoms with Crippen molar-refractivity contribution in [3.8, 4) is 0 Å². The van der Waals surface area contributed by atoms with Crippen LogP contribution in [0.4, 0.5) is 0 Å². The van der Waals surface area contributed by atoms with Crippen molar-refractivity contribution in [2.45, 2.75) is 13.5 Å². The van der Waals surface area contributed by atoms with Crippen LogP contribution in [0.15, 0.2) is 16.8 Å². The highest BCUT2D eigenvalue weighted by atomic mass is 16.5. The van der Waals surface area contributed by atoms with Gasteiger partial charge in [-0.05, 0) is 13.0 Å². The van der Waals surface area contributed by atoms with E-state index in [-0.39, 0.29) is 0 Å². The van der Waals surface area contributed by atoms with Gasteiger partial charge in [-0.2, -0.15) is 0 Å². The van der Waals surface area contributed by atoms with E-state index in [9.17, 15) is 0 Å². The normalized spacial score (nSPS) is 10.8. The molecule has 62 valence electrons. The summed E-state index contributed by atoms with van der Waals surface area (Å²) >= 11 is 0. The minimum atomic E-state index is 0.392. The molecule has 0 spiro atoms. The van der Waals surface area contributed by atoms with Crippen molar-refractivity contribution in [1.29, 1.82) is 0 Å². The van der Waals surface area contributed by atoms with Gasteiger partial charge in [-0.15, -0.1) is 0 Å². The summed E-state index contributed by atoms with van der Waals surface area (Å²) in [4.78, 5) is 4.09. The third-order valence-electron chi connectivity index (χ3n) is 1.85. The van der Waals surface area contributed by atoms with Crippen LogP contribution < -0.4 is 5.73 Å². The van der Waals surface area contributed by atoms with Gasteiger partial charge in [0.1, 0.15) is 11.3 Å². The lowest BCUT2D eigenvalue weighted by Crippen LogP contribution is -1.99. The summed E-state index contributed by atoms with van der Waals surface area (Å²) in [6, 6.07) is 1.88. The molecule has 2 rings (SSSR count). The quantitative estimate of drug-likeness (QED) is 0.680. The number of aryl methyl sites for hydroxylation is 1. The number of aromatic nitrogens is 2. The van der Waals surface area contributed by atoms with Crippen LogP contribution in [0.3, 0.4) is 0 Å². The first-order chi connectivity index (χ1) is 5.83. The molecule has 0 fully saturated rings. The van der Waals surface area contributed by atoms with Crippen molar-refractivity contribution in [2.75, 3.05) is 0 Å². The fourth-order valence-corrected chi connectivity index (χ4v) is 1.20. The molecule has 0 saturated heterocycles. The largest absolute Gasteiger partial charge is 0.360 e. The van der Waals surface area contributed by atoms with E-state index in [0.717, 1.165) is 22.4 Å². The van der Waals surface area contributed by atoms with E-state index in [2.05, 4.69) is 10.1 Å². The van der Waals surface area contributed by atoms with E-state index in [1.165, 1.54) is 0 Å². The Kier molecular flexibility index (Phi) is 1.55. The van der Waals surface area contributed by atoms with Crippen LogP contribution in [0, 0.1) is 6.92 Å². The second-order valence-electron chi connectivity index (χ2n) is 2.60. The Labute approximate surface area is 69.4 Å². The Morgan fingerprint density at radius 2 is 2.42 bits per heavy atom. The SMILES string of the molecule is Cc1onc2c(CN)nccc12. The summed E-state index contributed by atoms with van der Waals surface area (Å²) in [6.45, 7) is 2.26. The lowest BCUT2D eigenvalue weighted by molar-refractivity contribution is 0.405. The highest BCUT2D eigenvalue weighted by Gasteiger charge is 2.07. The van der Waals surface area contributed by atoms with E-state index >= 15 is 0 Å². The fraction of sp³-hybridized carbons (Fsp3) is 0.250. The van der Waals surface area contributed by atoms with Crippen LogP contribution in [0.1, 0.15) is 11.5 Å². The molecule has 2 aromatic rings. The van der Waals surface area contributed by atoms with Gasteiger partial charge in [0, 0.05) is 18.1 Å². The average Bonchev–Trinajstić information content (AvgIpc) is 2.48. The first kappa shape index (κ1) is 7.24. The molecular formula is C8H9N3O. The number of hydrogen-bond donors (Lipinski definition) is 1. The predicted molar refractivity (Wildman–Crippen MR) is 44.4 cm³/mol. The summed E-state index contributed by atoms with van der Waals surface area (Å²) in [7, 11) is 0. The Morgan fingerprint density at radius 1 is 1.58 bits per heavy atom. The van der Waals surface area contributed by atoms with Crippen molar-refractivity contribution in [2.24, 2.45) is 5.73 Å². The maximum Gasteiger partial charge on any atom is 0.141 e. The zero-order valence-electron chi connectivity index (χ0n) is 6.74. The first-order valence-corrected chi connectivity index (χ1v) is 3.73. The molecule has 4 nitrogen and oxygen atoms in total. The number of fused-ring (bicyclic) bond motifs is 1. The number of nitrogens with zero attached hydrogens (tertiary/aromatic N) is 2. The van der Waals surface area contributed by atoms with Gasteiger partial charge in [0.2, 0.25) is 0 Å². The monoisotopic (exact) mass is 163 g/mol. The van der Waals surface area contributed by atoms with Gasteiger partial charge in [-0.3, -0.25) is 4.98 Å². The molecular weight excluding hydrogens is 154 g/mol. The van der Waals surface area contributed by atoms with Gasteiger partial charge < -0.3 is 10.3 Å². The zero-order chi connectivity index (χ0) is 8.55. The van der Waals surface area contributed by atoms with Crippen molar-refractivity contribution in [3.63, 3.8) is 0 Å². The molecule has 2 aromatic heterocycles. The molecule has 0 aliphatic rings. The molecule has 0 radical (unpaired) electrons. The Hall–Kier alpha value is -1.42. The van der Waals surface area contributed by atoms with Gasteiger partial charge in [0.05, 0.1) is 5.69 Å². The summed E-state index contributed by atoms with van der Waals surface area (Å²) in [5, 5.41) is 4.86. The lowest BCUT2D eigenvalue weighted by Gasteiger charge is -1.93. The molecule has 4 heteroatoms. The average molecular weight is 163 g/mol. The number of hydrogen-bond acceptors (Lipinski definition) is 4. The summed E-state index contributed by atoms with van der Waals surface area (Å²) in [5.74, 6) is 0.808. The number of pyridine rings is 1. The number of nitrogens with two attached hydrogens (primary N) is 1. The lowest BCUT2D eigenvalue weighted by atomic mass is 10.2. The van der Waals surface area contributed by atoms with Gasteiger partial charge in [-0.1, -0.05) is 5.16 Å². The Morgan fingerprint density at radius 3 is 3.17 bits per heavy atom. The number of rotatable bonds is 1. The highest BCUT2D eigenvalue weighted by molar-refractivity contribution is 5.81. The van der Waals surface area contributed by atoms with E-state index in [0.29, 0.717) is 6.54 Å². The van der Waals surface area contributed by atoms with Crippen LogP contribution in [0.25, 0.3) is 10.9 Å². The topological polar surface area (TPSA) is 64.9 Å². The molecule has 0 amide bonds. The minimum Gasteiger partial charge on any atom is -0.360 e. The fourth-order valence-electron chi connectivity index (χ4n) is 1.20. The van der Waals surface area contributed by atoms with Crippen LogP contribution in [0.2, 0.25) is 0 Å². The van der Waals surface area contributed by atoms with Gasteiger partial charge >= 0.3 is 0 Å². The standard InChI is InChI=1S/C8H9N3O/c1-5-6-2-3-10-7(4-9)8(6)11-12-5/h2-3H,4,9H2,1H3. The van der Waals surface area contributed by atoms with Crippen LogP contribution in [-0.2, 0) is 6.54 Å². The summed E-state index contributed by atoms with van der Waals surface area (Å²) < 4.78 is 5.01. The maximum absolute atomic E-state index is 5.48. The smallest absolute Gasteiger partial charge is 0.141 e.